The van der Waals surface area contributed by atoms with Crippen LogP contribution in [0.5, 0.6) is 5.75 Å². The maximum Gasteiger partial charge on any atom is 0.275 e. The Morgan fingerprint density at radius 3 is 2.80 bits per heavy atom. The van der Waals surface area contributed by atoms with Gasteiger partial charge in [-0.15, -0.1) is 0 Å². The molecule has 1 heterocycles. The summed E-state index contributed by atoms with van der Waals surface area (Å²) in [4.78, 5) is 12.5. The smallest absolute Gasteiger partial charge is 0.275 e. The number of carbonyl (C=O) groups is 1. The first kappa shape index (κ1) is 17.4. The fourth-order valence-corrected chi connectivity index (χ4v) is 2.55. The van der Waals surface area contributed by atoms with Gasteiger partial charge in [0.15, 0.2) is 11.4 Å². The first-order chi connectivity index (χ1) is 12.2. The summed E-state index contributed by atoms with van der Waals surface area (Å²) in [6, 6.07) is 9.58. The number of amides is 1. The Labute approximate surface area is 147 Å². The van der Waals surface area contributed by atoms with E-state index in [4.69, 9.17) is 15.2 Å². The van der Waals surface area contributed by atoms with E-state index in [9.17, 15) is 4.79 Å². The number of rotatable bonds is 9. The molecule has 1 aromatic carbocycles. The average Bonchev–Trinajstić information content (AvgIpc) is 3.40. The molecule has 0 bridgehead atoms. The van der Waals surface area contributed by atoms with E-state index in [0.29, 0.717) is 31.4 Å². The maximum atomic E-state index is 12.5. The number of nitrogens with one attached hydrogen (secondary N) is 1. The summed E-state index contributed by atoms with van der Waals surface area (Å²) in [5.41, 5.74) is 7.16. The Bertz CT molecular complexity index is 698. The molecule has 1 fully saturated rings. The van der Waals surface area contributed by atoms with Gasteiger partial charge in [-0.1, -0.05) is 18.2 Å². The molecule has 1 unspecified atom stereocenters. The second-order valence-electron chi connectivity index (χ2n) is 6.17. The Morgan fingerprint density at radius 2 is 2.12 bits per heavy atom. The number of nitrogens with two attached hydrogens (primary N) is 1. The van der Waals surface area contributed by atoms with Crippen LogP contribution in [0.25, 0.3) is 5.69 Å². The van der Waals surface area contributed by atoms with Crippen molar-refractivity contribution in [3.05, 3.63) is 42.2 Å². The van der Waals surface area contributed by atoms with Crippen LogP contribution in [-0.2, 0) is 4.74 Å². The summed E-state index contributed by atoms with van der Waals surface area (Å²) in [7, 11) is 1.60. The highest BCUT2D eigenvalue weighted by Gasteiger charge is 2.29. The summed E-state index contributed by atoms with van der Waals surface area (Å²) in [6.45, 7) is 1.22. The van der Waals surface area contributed by atoms with E-state index >= 15 is 0 Å². The van der Waals surface area contributed by atoms with Gasteiger partial charge in [0, 0.05) is 19.7 Å². The Kier molecular flexibility index (Phi) is 5.67. The van der Waals surface area contributed by atoms with E-state index in [-0.39, 0.29) is 17.6 Å². The number of aromatic nitrogens is 2. The van der Waals surface area contributed by atoms with Crippen LogP contribution in [0.3, 0.4) is 0 Å². The van der Waals surface area contributed by atoms with Crippen molar-refractivity contribution in [1.29, 1.82) is 0 Å². The molecule has 1 aliphatic carbocycles. The second-order valence-corrected chi connectivity index (χ2v) is 6.17. The molecule has 25 heavy (non-hydrogen) atoms. The number of methoxy groups -OCH3 is 1. The maximum absolute atomic E-state index is 12.5. The van der Waals surface area contributed by atoms with Gasteiger partial charge < -0.3 is 20.5 Å². The van der Waals surface area contributed by atoms with Crippen LogP contribution in [-0.4, -0.2) is 48.6 Å². The quantitative estimate of drug-likeness (QED) is 0.670. The van der Waals surface area contributed by atoms with Crippen molar-refractivity contribution >= 4 is 5.91 Å². The van der Waals surface area contributed by atoms with E-state index in [2.05, 4.69) is 10.4 Å². The van der Waals surface area contributed by atoms with Crippen LogP contribution < -0.4 is 15.8 Å². The number of nitrogens with zero attached hydrogens (tertiary/aromatic N) is 2. The Balaban J connectivity index is 1.74. The van der Waals surface area contributed by atoms with Gasteiger partial charge in [0.1, 0.15) is 6.61 Å². The van der Waals surface area contributed by atoms with Gasteiger partial charge >= 0.3 is 0 Å². The number of hydrogen-bond acceptors (Lipinski definition) is 5. The van der Waals surface area contributed by atoms with Crippen molar-refractivity contribution < 1.29 is 14.3 Å². The lowest BCUT2D eigenvalue weighted by Gasteiger charge is -2.11. The molecule has 0 saturated heterocycles. The standard InChI is InChI=1S/C18H24N4O3/c1-24-9-10-25-16-12-22(14-5-3-2-4-6-14)21-17(16)18(23)20-11-15(19)13-7-8-13/h2-6,12-13,15H,7-11,19H2,1H3,(H,20,23). The van der Waals surface area contributed by atoms with Gasteiger partial charge in [0.25, 0.3) is 5.91 Å². The van der Waals surface area contributed by atoms with Crippen molar-refractivity contribution in [3.8, 4) is 11.4 Å². The highest BCUT2D eigenvalue weighted by Crippen LogP contribution is 2.31. The van der Waals surface area contributed by atoms with Gasteiger partial charge in [0.05, 0.1) is 18.5 Å². The summed E-state index contributed by atoms with van der Waals surface area (Å²) in [6.07, 6.45) is 4.00. The highest BCUT2D eigenvalue weighted by atomic mass is 16.5. The van der Waals surface area contributed by atoms with Crippen LogP contribution in [0.15, 0.2) is 36.5 Å². The van der Waals surface area contributed by atoms with Gasteiger partial charge in [-0.2, -0.15) is 5.10 Å². The van der Waals surface area contributed by atoms with E-state index in [0.717, 1.165) is 18.5 Å². The van der Waals surface area contributed by atoms with Crippen LogP contribution in [0.4, 0.5) is 0 Å². The third-order valence-corrected chi connectivity index (χ3v) is 4.19. The molecule has 0 spiro atoms. The molecule has 3 rings (SSSR count). The van der Waals surface area contributed by atoms with Crippen molar-refractivity contribution in [1.82, 2.24) is 15.1 Å². The zero-order valence-corrected chi connectivity index (χ0v) is 14.4. The summed E-state index contributed by atoms with van der Waals surface area (Å²) in [5.74, 6) is 0.677. The molecule has 2 aromatic rings. The zero-order chi connectivity index (χ0) is 17.6. The first-order valence-electron chi connectivity index (χ1n) is 8.49. The lowest BCUT2D eigenvalue weighted by atomic mass is 10.2. The van der Waals surface area contributed by atoms with Crippen LogP contribution in [0, 0.1) is 5.92 Å². The van der Waals surface area contributed by atoms with Crippen LogP contribution >= 0.6 is 0 Å². The third-order valence-electron chi connectivity index (χ3n) is 4.19. The van der Waals surface area contributed by atoms with Gasteiger partial charge in [0.2, 0.25) is 0 Å². The van der Waals surface area contributed by atoms with Crippen LogP contribution in [0.1, 0.15) is 23.3 Å². The molecule has 1 atom stereocenters. The predicted molar refractivity (Wildman–Crippen MR) is 94.0 cm³/mol. The molecule has 0 aliphatic heterocycles. The summed E-state index contributed by atoms with van der Waals surface area (Å²) >= 11 is 0. The van der Waals surface area contributed by atoms with Crippen molar-refractivity contribution in [2.24, 2.45) is 11.7 Å². The Morgan fingerprint density at radius 1 is 1.36 bits per heavy atom. The molecule has 134 valence electrons. The minimum absolute atomic E-state index is 0.00183. The van der Waals surface area contributed by atoms with E-state index in [1.54, 1.807) is 18.0 Å². The van der Waals surface area contributed by atoms with Gasteiger partial charge in [-0.05, 0) is 30.9 Å². The van der Waals surface area contributed by atoms with Crippen LogP contribution in [0.2, 0.25) is 0 Å². The second kappa shape index (κ2) is 8.13. The number of hydrogen-bond donors (Lipinski definition) is 2. The lowest BCUT2D eigenvalue weighted by molar-refractivity contribution is 0.0937. The topological polar surface area (TPSA) is 91.4 Å². The minimum Gasteiger partial charge on any atom is -0.487 e. The fourth-order valence-electron chi connectivity index (χ4n) is 2.55. The largest absolute Gasteiger partial charge is 0.487 e. The van der Waals surface area contributed by atoms with E-state index < -0.39 is 0 Å². The summed E-state index contributed by atoms with van der Waals surface area (Å²) in [5, 5.41) is 7.26. The lowest BCUT2D eigenvalue weighted by Crippen LogP contribution is -2.38. The first-order valence-corrected chi connectivity index (χ1v) is 8.49. The SMILES string of the molecule is COCCOc1cn(-c2ccccc2)nc1C(=O)NCC(N)C1CC1. The average molecular weight is 344 g/mol. The highest BCUT2D eigenvalue weighted by molar-refractivity contribution is 5.95. The molecule has 0 radical (unpaired) electrons. The minimum atomic E-state index is -0.279. The third kappa shape index (κ3) is 4.58. The van der Waals surface area contributed by atoms with Gasteiger partial charge in [-0.25, -0.2) is 4.68 Å². The Hall–Kier alpha value is -2.38. The molecule has 7 nitrogen and oxygen atoms in total. The molecule has 1 saturated carbocycles. The molecular weight excluding hydrogens is 320 g/mol. The summed E-state index contributed by atoms with van der Waals surface area (Å²) < 4.78 is 12.3. The number of benzene rings is 1. The van der Waals surface area contributed by atoms with Crippen molar-refractivity contribution in [2.45, 2.75) is 18.9 Å². The molecular formula is C18H24N4O3. The molecule has 1 amide bonds. The zero-order valence-electron chi connectivity index (χ0n) is 14.4. The number of para-hydroxylation sites is 1. The normalized spacial score (nSPS) is 15.0. The van der Waals surface area contributed by atoms with Crippen molar-refractivity contribution in [2.75, 3.05) is 26.9 Å². The number of ether oxygens (including phenoxy) is 2. The monoisotopic (exact) mass is 344 g/mol. The van der Waals surface area contributed by atoms with E-state index in [1.165, 1.54) is 0 Å². The van der Waals surface area contributed by atoms with E-state index in [1.807, 2.05) is 30.3 Å². The van der Waals surface area contributed by atoms with Crippen molar-refractivity contribution in [3.63, 3.8) is 0 Å². The molecule has 1 aromatic heterocycles. The fraction of sp³-hybridized carbons (Fsp3) is 0.444. The molecule has 3 N–H and O–H groups in total. The van der Waals surface area contributed by atoms with Gasteiger partial charge in [-0.3, -0.25) is 4.79 Å². The number of carbonyl (C=O) groups excluding carboxylic acids is 1. The molecule has 1 aliphatic rings. The molecule has 7 heteroatoms. The predicted octanol–water partition coefficient (Wildman–Crippen LogP) is 1.36.